The average molecular weight is 840 g/mol. The molecule has 0 fully saturated rings. The number of nitrogens with one attached hydrogen (secondary N) is 1. The Hall–Kier alpha value is -6.04. The molecular formula is C46H47ClFN3O9. The summed E-state index contributed by atoms with van der Waals surface area (Å²) in [6, 6.07) is 23.8. The first-order valence-electron chi connectivity index (χ1n) is 19.4. The van der Waals surface area contributed by atoms with Gasteiger partial charge in [0, 0.05) is 37.1 Å². The Morgan fingerprint density at radius 2 is 1.52 bits per heavy atom. The van der Waals surface area contributed by atoms with E-state index in [-0.39, 0.29) is 51.4 Å². The van der Waals surface area contributed by atoms with Crippen molar-refractivity contribution in [1.82, 2.24) is 10.3 Å². The van der Waals surface area contributed by atoms with Crippen LogP contribution in [0.2, 0.25) is 5.02 Å². The summed E-state index contributed by atoms with van der Waals surface area (Å²) < 4.78 is 33.4. The second kappa shape index (κ2) is 21.8. The lowest BCUT2D eigenvalue weighted by atomic mass is 9.89. The van der Waals surface area contributed by atoms with E-state index in [0.29, 0.717) is 52.6 Å². The number of carboxylic acids is 2. The molecule has 0 aliphatic heterocycles. The highest BCUT2D eigenvalue weighted by Crippen LogP contribution is 2.38. The van der Waals surface area contributed by atoms with Gasteiger partial charge in [0.1, 0.15) is 37.4 Å². The summed E-state index contributed by atoms with van der Waals surface area (Å²) in [6.07, 6.45) is 1.57. The first-order valence-corrected chi connectivity index (χ1v) is 19.7. The van der Waals surface area contributed by atoms with E-state index in [1.807, 2.05) is 50.2 Å². The fraction of sp³-hybridized carbons (Fsp3) is 0.304. The van der Waals surface area contributed by atoms with Gasteiger partial charge in [-0.3, -0.25) is 14.6 Å². The van der Waals surface area contributed by atoms with Crippen LogP contribution >= 0.6 is 11.6 Å². The molecule has 0 radical (unpaired) electrons. The Balaban J connectivity index is 1.30. The van der Waals surface area contributed by atoms with Crippen molar-refractivity contribution in [2.24, 2.45) is 0 Å². The number of carboxylic acid groups (broad SMARTS) is 2. The number of pyridine rings is 1. The number of nitriles is 1. The third-order valence-electron chi connectivity index (χ3n) is 9.85. The first-order chi connectivity index (χ1) is 28.8. The van der Waals surface area contributed by atoms with E-state index >= 15 is 4.39 Å². The molecule has 0 aliphatic carbocycles. The van der Waals surface area contributed by atoms with Crippen LogP contribution < -0.4 is 19.5 Å². The molecule has 5 rings (SSSR count). The van der Waals surface area contributed by atoms with Crippen LogP contribution in [0.25, 0.3) is 22.3 Å². The molecule has 0 aliphatic rings. The van der Waals surface area contributed by atoms with Gasteiger partial charge in [-0.25, -0.2) is 4.39 Å². The SMILES string of the molecule is Cc1c(COc2cc(OCc3cncc(C#N)c3)c(CCC[C@@H](O)CC(=O)O)cc2Cl)cccc1-c1cccc(-c2ccc(OCCNC[C@@H](O)CC(=O)O)c(F)c2)c1C. The van der Waals surface area contributed by atoms with Gasteiger partial charge in [0.15, 0.2) is 11.6 Å². The minimum Gasteiger partial charge on any atom is -0.489 e. The third kappa shape index (κ3) is 12.7. The molecule has 0 bridgehead atoms. The molecule has 5 aromatic rings. The van der Waals surface area contributed by atoms with Gasteiger partial charge in [-0.15, -0.1) is 0 Å². The second-order valence-corrected chi connectivity index (χ2v) is 14.7. The molecule has 12 nitrogen and oxygen atoms in total. The van der Waals surface area contributed by atoms with Crippen LogP contribution in [-0.4, -0.2) is 69.3 Å². The van der Waals surface area contributed by atoms with E-state index in [2.05, 4.69) is 16.4 Å². The molecule has 0 unspecified atom stereocenters. The number of carbonyl (C=O) groups is 2. The summed E-state index contributed by atoms with van der Waals surface area (Å²) in [7, 11) is 0. The number of aliphatic hydroxyl groups is 2. The number of aromatic nitrogens is 1. The van der Waals surface area contributed by atoms with Gasteiger partial charge in [0.05, 0.1) is 35.6 Å². The molecule has 314 valence electrons. The molecule has 1 aromatic heterocycles. The summed E-state index contributed by atoms with van der Waals surface area (Å²) in [4.78, 5) is 25.8. The van der Waals surface area contributed by atoms with Gasteiger partial charge in [0.2, 0.25) is 0 Å². The number of aryl methyl sites for hydroxylation is 1. The Morgan fingerprint density at radius 1 is 0.817 bits per heavy atom. The van der Waals surface area contributed by atoms with Crippen molar-refractivity contribution in [3.05, 3.63) is 129 Å². The van der Waals surface area contributed by atoms with Crippen molar-refractivity contribution < 1.29 is 48.6 Å². The van der Waals surface area contributed by atoms with Crippen LogP contribution in [0, 0.1) is 31.0 Å². The molecule has 0 saturated carbocycles. The van der Waals surface area contributed by atoms with Crippen LogP contribution in [0.4, 0.5) is 4.39 Å². The molecule has 14 heteroatoms. The van der Waals surface area contributed by atoms with Crippen molar-refractivity contribution in [2.75, 3.05) is 19.7 Å². The van der Waals surface area contributed by atoms with Gasteiger partial charge in [0.25, 0.3) is 0 Å². The fourth-order valence-electron chi connectivity index (χ4n) is 6.73. The van der Waals surface area contributed by atoms with E-state index in [1.165, 1.54) is 12.3 Å². The average Bonchev–Trinajstić information content (AvgIpc) is 3.20. The van der Waals surface area contributed by atoms with Crippen molar-refractivity contribution >= 4 is 23.5 Å². The zero-order chi connectivity index (χ0) is 43.2. The molecular weight excluding hydrogens is 793 g/mol. The molecule has 0 amide bonds. The summed E-state index contributed by atoms with van der Waals surface area (Å²) in [5.74, 6) is -1.75. The third-order valence-corrected chi connectivity index (χ3v) is 10.1. The van der Waals surface area contributed by atoms with Gasteiger partial charge in [-0.2, -0.15) is 5.26 Å². The molecule has 1 heterocycles. The number of hydrogen-bond acceptors (Lipinski definition) is 10. The van der Waals surface area contributed by atoms with Gasteiger partial charge >= 0.3 is 11.9 Å². The smallest absolute Gasteiger partial charge is 0.306 e. The van der Waals surface area contributed by atoms with Crippen molar-refractivity contribution in [3.8, 4) is 45.6 Å². The molecule has 4 aromatic carbocycles. The Bertz CT molecular complexity index is 2330. The Kier molecular flexibility index (Phi) is 16.4. The first kappa shape index (κ1) is 45.1. The number of ether oxygens (including phenoxy) is 3. The van der Waals surface area contributed by atoms with Gasteiger partial charge in [-0.1, -0.05) is 54.1 Å². The monoisotopic (exact) mass is 839 g/mol. The van der Waals surface area contributed by atoms with E-state index in [0.717, 1.165) is 38.9 Å². The van der Waals surface area contributed by atoms with E-state index in [1.54, 1.807) is 36.5 Å². The van der Waals surface area contributed by atoms with Crippen molar-refractivity contribution in [1.29, 1.82) is 5.26 Å². The summed E-state index contributed by atoms with van der Waals surface area (Å²) >= 11 is 6.76. The highest BCUT2D eigenvalue weighted by molar-refractivity contribution is 6.32. The number of benzene rings is 4. The summed E-state index contributed by atoms with van der Waals surface area (Å²) in [5, 5.41) is 50.1. The topological polar surface area (TPSA) is 191 Å². The highest BCUT2D eigenvalue weighted by Gasteiger charge is 2.17. The number of halogens is 2. The molecule has 5 N–H and O–H groups in total. The van der Waals surface area contributed by atoms with Crippen molar-refractivity contribution in [2.45, 2.75) is 71.4 Å². The normalized spacial score (nSPS) is 12.0. The highest BCUT2D eigenvalue weighted by atomic mass is 35.5. The maximum atomic E-state index is 15.2. The van der Waals surface area contributed by atoms with Crippen LogP contribution in [0.1, 0.15) is 59.1 Å². The van der Waals surface area contributed by atoms with Gasteiger partial charge < -0.3 is 40.0 Å². The zero-order valence-electron chi connectivity index (χ0n) is 33.3. The summed E-state index contributed by atoms with van der Waals surface area (Å²) in [6.45, 7) is 4.79. The van der Waals surface area contributed by atoms with Gasteiger partial charge in [-0.05, 0) is 102 Å². The number of aliphatic carboxylic acids is 2. The number of aliphatic hydroxyl groups excluding tert-OH is 2. The van der Waals surface area contributed by atoms with Crippen LogP contribution in [-0.2, 0) is 29.2 Å². The number of nitrogens with zero attached hydrogens (tertiary/aromatic N) is 2. The standard InChI is InChI=1S/C46H47ClFN3O9/c1-28-34(27-60-44-21-43(59-26-31-16-30(22-49)23-51-24-31)33(17-40(44)47)6-3-8-35(52)19-45(54)55)7-4-10-38(28)39-11-5-9-37(29(39)2)32-12-13-42(41(48)18-32)58-15-14-50-25-36(53)20-46(56)57/h4-5,7,9-13,16-18,21,23-24,35-36,50,52-53H,3,6,8,14-15,19-20,25-27H2,1-2H3,(H,54,55)(H,56,57)/t35-,36+/m1/s1. The Labute approximate surface area is 352 Å². The minimum absolute atomic E-state index is 0.0768. The molecule has 60 heavy (non-hydrogen) atoms. The predicted molar refractivity (Wildman–Crippen MR) is 224 cm³/mol. The van der Waals surface area contributed by atoms with E-state index < -0.39 is 30.0 Å². The maximum absolute atomic E-state index is 15.2. The van der Waals surface area contributed by atoms with E-state index in [4.69, 9.17) is 36.0 Å². The van der Waals surface area contributed by atoms with Crippen LogP contribution in [0.3, 0.4) is 0 Å². The quantitative estimate of drug-likeness (QED) is 0.0426. The van der Waals surface area contributed by atoms with Crippen LogP contribution in [0.15, 0.2) is 85.2 Å². The Morgan fingerprint density at radius 3 is 2.25 bits per heavy atom. The maximum Gasteiger partial charge on any atom is 0.306 e. The van der Waals surface area contributed by atoms with E-state index in [9.17, 15) is 25.1 Å². The molecule has 0 saturated heterocycles. The lowest BCUT2D eigenvalue weighted by Gasteiger charge is -2.18. The van der Waals surface area contributed by atoms with Crippen LogP contribution in [0.5, 0.6) is 17.2 Å². The molecule has 0 spiro atoms. The largest absolute Gasteiger partial charge is 0.489 e. The lowest BCUT2D eigenvalue weighted by molar-refractivity contribution is -0.140. The lowest BCUT2D eigenvalue weighted by Crippen LogP contribution is -2.31. The molecule has 2 atom stereocenters. The number of rotatable bonds is 22. The summed E-state index contributed by atoms with van der Waals surface area (Å²) in [5.41, 5.74) is 8.12. The number of hydrogen-bond donors (Lipinski definition) is 5. The predicted octanol–water partition coefficient (Wildman–Crippen LogP) is 7.82. The van der Waals surface area contributed by atoms with Crippen molar-refractivity contribution in [3.63, 3.8) is 0 Å². The second-order valence-electron chi connectivity index (χ2n) is 14.3. The fourth-order valence-corrected chi connectivity index (χ4v) is 6.97. The zero-order valence-corrected chi connectivity index (χ0v) is 34.0. The minimum atomic E-state index is -1.09.